The Morgan fingerprint density at radius 1 is 1.17 bits per heavy atom. The first kappa shape index (κ1) is 20.7. The maximum absolute atomic E-state index is 12.5. The van der Waals surface area contributed by atoms with Gasteiger partial charge >= 0.3 is 0 Å². The van der Waals surface area contributed by atoms with Crippen molar-refractivity contribution >= 4 is 40.7 Å². The molecule has 2 aromatic carbocycles. The standard InChI is InChI=1S/C20H18Cl2N4O3/c1-2-26-10-16(18(25-26)19(23)27)24-20(28)13-5-3-12(4-6-13)11-29-17-8-7-14(21)9-15(17)22/h3-10H,2,11H2,1H3,(H2,23,27)(H,24,28). The van der Waals surface area contributed by atoms with E-state index in [0.717, 1.165) is 5.56 Å². The SMILES string of the molecule is CCn1cc(NC(=O)c2ccc(COc3ccc(Cl)cc3Cl)cc2)c(C(N)=O)n1. The molecule has 3 aromatic rings. The molecule has 0 unspecified atom stereocenters. The Labute approximate surface area is 177 Å². The third kappa shape index (κ3) is 5.07. The second-order valence-electron chi connectivity index (χ2n) is 6.13. The van der Waals surface area contributed by atoms with E-state index < -0.39 is 5.91 Å². The number of nitrogens with zero attached hydrogens (tertiary/aromatic N) is 2. The molecule has 7 nitrogen and oxygen atoms in total. The number of rotatable bonds is 7. The van der Waals surface area contributed by atoms with Crippen LogP contribution in [0.1, 0.15) is 33.3 Å². The molecule has 1 heterocycles. The number of primary amides is 1. The summed E-state index contributed by atoms with van der Waals surface area (Å²) in [6.07, 6.45) is 1.57. The number of anilines is 1. The van der Waals surface area contributed by atoms with Gasteiger partial charge < -0.3 is 15.8 Å². The topological polar surface area (TPSA) is 99.2 Å². The molecular formula is C20H18Cl2N4O3. The number of benzene rings is 2. The van der Waals surface area contributed by atoms with Crippen LogP contribution in [0.3, 0.4) is 0 Å². The van der Waals surface area contributed by atoms with Crippen LogP contribution in [-0.2, 0) is 13.2 Å². The molecule has 3 N–H and O–H groups in total. The van der Waals surface area contributed by atoms with Gasteiger partial charge in [-0.3, -0.25) is 14.3 Å². The molecule has 0 radical (unpaired) electrons. The van der Waals surface area contributed by atoms with E-state index in [4.69, 9.17) is 33.7 Å². The van der Waals surface area contributed by atoms with Crippen LogP contribution in [0.25, 0.3) is 0 Å². The van der Waals surface area contributed by atoms with Crippen molar-refractivity contribution in [3.05, 3.63) is 75.5 Å². The number of nitrogens with two attached hydrogens (primary N) is 1. The largest absolute Gasteiger partial charge is 0.487 e. The lowest BCUT2D eigenvalue weighted by molar-refractivity contribution is 0.0995. The van der Waals surface area contributed by atoms with Crippen molar-refractivity contribution in [2.75, 3.05) is 5.32 Å². The van der Waals surface area contributed by atoms with E-state index >= 15 is 0 Å². The smallest absolute Gasteiger partial charge is 0.271 e. The normalized spacial score (nSPS) is 10.6. The van der Waals surface area contributed by atoms with E-state index in [2.05, 4.69) is 10.4 Å². The van der Waals surface area contributed by atoms with Gasteiger partial charge in [0.05, 0.1) is 10.7 Å². The van der Waals surface area contributed by atoms with Gasteiger partial charge in [-0.05, 0) is 42.8 Å². The number of carbonyl (C=O) groups is 2. The summed E-state index contributed by atoms with van der Waals surface area (Å²) in [7, 11) is 0. The van der Waals surface area contributed by atoms with Gasteiger partial charge in [0, 0.05) is 23.3 Å². The number of halogens is 2. The minimum Gasteiger partial charge on any atom is -0.487 e. The zero-order valence-corrected chi connectivity index (χ0v) is 17.0. The third-order valence-corrected chi connectivity index (χ3v) is 4.60. The highest BCUT2D eigenvalue weighted by atomic mass is 35.5. The average molecular weight is 433 g/mol. The average Bonchev–Trinajstić information content (AvgIpc) is 3.11. The van der Waals surface area contributed by atoms with Gasteiger partial charge in [-0.2, -0.15) is 5.10 Å². The van der Waals surface area contributed by atoms with Gasteiger partial charge in [0.25, 0.3) is 11.8 Å². The Balaban J connectivity index is 1.66. The molecule has 0 fully saturated rings. The monoisotopic (exact) mass is 432 g/mol. The molecule has 3 rings (SSSR count). The lowest BCUT2D eigenvalue weighted by Gasteiger charge is -2.09. The summed E-state index contributed by atoms with van der Waals surface area (Å²) in [5.74, 6) is -0.568. The first-order valence-corrected chi connectivity index (χ1v) is 9.48. The van der Waals surface area contributed by atoms with Gasteiger partial charge in [0.2, 0.25) is 0 Å². The second kappa shape index (κ2) is 8.98. The molecule has 0 aliphatic heterocycles. The maximum Gasteiger partial charge on any atom is 0.271 e. The number of carbonyl (C=O) groups excluding carboxylic acids is 2. The fourth-order valence-corrected chi connectivity index (χ4v) is 3.02. The van der Waals surface area contributed by atoms with E-state index in [-0.39, 0.29) is 23.9 Å². The van der Waals surface area contributed by atoms with Crippen LogP contribution in [0.5, 0.6) is 5.75 Å². The molecule has 29 heavy (non-hydrogen) atoms. The Morgan fingerprint density at radius 3 is 2.52 bits per heavy atom. The van der Waals surface area contributed by atoms with Crippen molar-refractivity contribution in [2.45, 2.75) is 20.1 Å². The minimum absolute atomic E-state index is 0.0186. The van der Waals surface area contributed by atoms with Crippen LogP contribution < -0.4 is 15.8 Å². The summed E-state index contributed by atoms with van der Waals surface area (Å²) < 4.78 is 7.20. The first-order chi connectivity index (χ1) is 13.9. The second-order valence-corrected chi connectivity index (χ2v) is 6.97. The zero-order valence-electron chi connectivity index (χ0n) is 15.5. The van der Waals surface area contributed by atoms with Crippen molar-refractivity contribution in [3.63, 3.8) is 0 Å². The van der Waals surface area contributed by atoms with Gasteiger partial charge in [0.1, 0.15) is 12.4 Å². The first-order valence-electron chi connectivity index (χ1n) is 8.72. The van der Waals surface area contributed by atoms with Crippen LogP contribution in [-0.4, -0.2) is 21.6 Å². The van der Waals surface area contributed by atoms with Crippen molar-refractivity contribution in [1.29, 1.82) is 0 Å². The lowest BCUT2D eigenvalue weighted by atomic mass is 10.1. The van der Waals surface area contributed by atoms with Crippen LogP contribution >= 0.6 is 23.2 Å². The Bertz CT molecular complexity index is 1050. The molecule has 2 amide bonds. The van der Waals surface area contributed by atoms with E-state index in [1.165, 1.54) is 4.68 Å². The number of aromatic nitrogens is 2. The van der Waals surface area contributed by atoms with Crippen molar-refractivity contribution in [3.8, 4) is 5.75 Å². The van der Waals surface area contributed by atoms with Gasteiger partial charge in [-0.15, -0.1) is 0 Å². The van der Waals surface area contributed by atoms with E-state index in [0.29, 0.717) is 27.9 Å². The predicted molar refractivity (Wildman–Crippen MR) is 112 cm³/mol. The van der Waals surface area contributed by atoms with E-state index in [1.54, 1.807) is 48.7 Å². The number of hydrogen-bond donors (Lipinski definition) is 2. The summed E-state index contributed by atoms with van der Waals surface area (Å²) in [5, 5.41) is 7.67. The molecule has 0 spiro atoms. The highest BCUT2D eigenvalue weighted by molar-refractivity contribution is 6.35. The van der Waals surface area contributed by atoms with Crippen LogP contribution in [0.15, 0.2) is 48.7 Å². The van der Waals surface area contributed by atoms with Crippen molar-refractivity contribution in [1.82, 2.24) is 9.78 Å². The molecule has 150 valence electrons. The molecule has 9 heteroatoms. The van der Waals surface area contributed by atoms with Crippen molar-refractivity contribution in [2.24, 2.45) is 5.73 Å². The van der Waals surface area contributed by atoms with Gasteiger partial charge in [-0.1, -0.05) is 35.3 Å². The number of hydrogen-bond acceptors (Lipinski definition) is 4. The lowest BCUT2D eigenvalue weighted by Crippen LogP contribution is -2.18. The van der Waals surface area contributed by atoms with Crippen molar-refractivity contribution < 1.29 is 14.3 Å². The maximum atomic E-state index is 12.5. The fourth-order valence-electron chi connectivity index (χ4n) is 2.56. The van der Waals surface area contributed by atoms with Gasteiger partial charge in [0.15, 0.2) is 5.69 Å². The van der Waals surface area contributed by atoms with E-state index in [1.807, 2.05) is 6.92 Å². The molecule has 0 aliphatic rings. The highest BCUT2D eigenvalue weighted by Crippen LogP contribution is 2.28. The summed E-state index contributed by atoms with van der Waals surface area (Å²) >= 11 is 12.0. The van der Waals surface area contributed by atoms with E-state index in [9.17, 15) is 9.59 Å². The summed E-state index contributed by atoms with van der Waals surface area (Å²) in [6.45, 7) is 2.68. The summed E-state index contributed by atoms with van der Waals surface area (Å²) in [4.78, 5) is 24.0. The number of nitrogens with one attached hydrogen (secondary N) is 1. The molecule has 0 bridgehead atoms. The van der Waals surface area contributed by atoms with Crippen LogP contribution in [0.4, 0.5) is 5.69 Å². The number of amides is 2. The highest BCUT2D eigenvalue weighted by Gasteiger charge is 2.17. The summed E-state index contributed by atoms with van der Waals surface area (Å²) in [6, 6.07) is 11.8. The molecule has 0 saturated heterocycles. The quantitative estimate of drug-likeness (QED) is 0.585. The number of aryl methyl sites for hydroxylation is 1. The molecule has 0 aliphatic carbocycles. The van der Waals surface area contributed by atoms with Crippen LogP contribution in [0.2, 0.25) is 10.0 Å². The zero-order chi connectivity index (χ0) is 21.0. The molecule has 1 aromatic heterocycles. The summed E-state index contributed by atoms with van der Waals surface area (Å²) in [5.41, 5.74) is 6.88. The molecule has 0 saturated carbocycles. The molecule has 0 atom stereocenters. The minimum atomic E-state index is -0.708. The Kier molecular flexibility index (Phi) is 6.41. The number of ether oxygens (including phenoxy) is 1. The third-order valence-electron chi connectivity index (χ3n) is 4.07. The Morgan fingerprint density at radius 2 is 1.90 bits per heavy atom. The molecular weight excluding hydrogens is 415 g/mol. The van der Waals surface area contributed by atoms with Gasteiger partial charge in [-0.25, -0.2) is 0 Å². The predicted octanol–water partition coefficient (Wildman–Crippen LogP) is 4.14. The van der Waals surface area contributed by atoms with Crippen LogP contribution in [0, 0.1) is 0 Å². The Hall–Kier alpha value is -3.03. The fraction of sp³-hybridized carbons (Fsp3) is 0.150.